The van der Waals surface area contributed by atoms with Crippen LogP contribution in [0.4, 0.5) is 0 Å². The molecule has 0 bridgehead atoms. The molecule has 19 heavy (non-hydrogen) atoms. The van der Waals surface area contributed by atoms with E-state index >= 15 is 0 Å². The van der Waals surface area contributed by atoms with Crippen molar-refractivity contribution < 1.29 is 9.53 Å². The van der Waals surface area contributed by atoms with E-state index in [2.05, 4.69) is 15.5 Å². The number of benzene rings is 1. The zero-order chi connectivity index (χ0) is 13.2. The highest BCUT2D eigenvalue weighted by Crippen LogP contribution is 2.13. The van der Waals surface area contributed by atoms with Crippen molar-refractivity contribution in [3.05, 3.63) is 48.0 Å². The fourth-order valence-electron chi connectivity index (χ4n) is 1.87. The van der Waals surface area contributed by atoms with Gasteiger partial charge in [-0.1, -0.05) is 0 Å². The van der Waals surface area contributed by atoms with Crippen LogP contribution < -0.4 is 5.43 Å². The molecule has 2 heterocycles. The second-order valence-corrected chi connectivity index (χ2v) is 4.13. The number of ether oxygens (including phenoxy) is 1. The summed E-state index contributed by atoms with van der Waals surface area (Å²) in [4.78, 5) is 15.1. The monoisotopic (exact) mass is 256 g/mol. The number of carbonyl (C=O) groups is 1. The van der Waals surface area contributed by atoms with E-state index in [1.165, 1.54) is 0 Å². The van der Waals surface area contributed by atoms with Gasteiger partial charge in [-0.15, -0.1) is 5.10 Å². The number of rotatable bonds is 2. The third-order valence-corrected chi connectivity index (χ3v) is 2.84. The van der Waals surface area contributed by atoms with Crippen LogP contribution in [-0.4, -0.2) is 28.0 Å². The first kappa shape index (κ1) is 11.5. The van der Waals surface area contributed by atoms with E-state index in [1.54, 1.807) is 6.20 Å². The van der Waals surface area contributed by atoms with Gasteiger partial charge in [0, 0.05) is 23.6 Å². The van der Waals surface area contributed by atoms with E-state index in [1.807, 2.05) is 42.0 Å². The van der Waals surface area contributed by atoms with Crippen LogP contribution in [0, 0.1) is 6.92 Å². The van der Waals surface area contributed by atoms with E-state index in [4.69, 9.17) is 4.74 Å². The van der Waals surface area contributed by atoms with Crippen molar-refractivity contribution in [2.75, 3.05) is 6.61 Å². The van der Waals surface area contributed by atoms with Gasteiger partial charge >= 0.3 is 0 Å². The van der Waals surface area contributed by atoms with Crippen LogP contribution in [0.25, 0.3) is 5.69 Å². The second-order valence-electron chi connectivity index (χ2n) is 4.13. The number of hydrogen-bond acceptors (Lipinski definition) is 4. The highest BCUT2D eigenvalue weighted by Gasteiger charge is 2.14. The first-order chi connectivity index (χ1) is 9.24. The predicted octanol–water partition coefficient (Wildman–Crippen LogP) is 0.989. The van der Waals surface area contributed by atoms with E-state index in [9.17, 15) is 4.79 Å². The first-order valence-corrected chi connectivity index (χ1v) is 5.84. The van der Waals surface area contributed by atoms with Crippen LogP contribution in [-0.2, 0) is 9.53 Å². The Kier molecular flexibility index (Phi) is 2.75. The summed E-state index contributed by atoms with van der Waals surface area (Å²) in [6, 6.07) is 7.69. The van der Waals surface area contributed by atoms with Gasteiger partial charge in [-0.3, -0.25) is 4.79 Å². The molecule has 0 fully saturated rings. The number of imidazole rings is 1. The summed E-state index contributed by atoms with van der Waals surface area (Å²) in [5.74, 6) is 1.11. The van der Waals surface area contributed by atoms with Crippen LogP contribution >= 0.6 is 0 Å². The van der Waals surface area contributed by atoms with E-state index in [0.29, 0.717) is 5.90 Å². The van der Waals surface area contributed by atoms with Crippen LogP contribution in [0.15, 0.2) is 41.8 Å². The molecule has 3 rings (SSSR count). The van der Waals surface area contributed by atoms with Gasteiger partial charge < -0.3 is 9.30 Å². The number of nitrogens with one attached hydrogen (secondary N) is 1. The Hall–Kier alpha value is -2.63. The topological polar surface area (TPSA) is 68.5 Å². The van der Waals surface area contributed by atoms with Crippen molar-refractivity contribution in [1.29, 1.82) is 0 Å². The molecule has 0 radical (unpaired) electrons. The summed E-state index contributed by atoms with van der Waals surface area (Å²) in [6.07, 6.45) is 3.66. The summed E-state index contributed by atoms with van der Waals surface area (Å²) >= 11 is 0. The minimum absolute atomic E-state index is 0.00120. The van der Waals surface area contributed by atoms with Gasteiger partial charge in [0.2, 0.25) is 5.90 Å². The van der Waals surface area contributed by atoms with Crippen molar-refractivity contribution in [1.82, 2.24) is 15.0 Å². The van der Waals surface area contributed by atoms with Gasteiger partial charge in [0.1, 0.15) is 5.82 Å². The Morgan fingerprint density at radius 1 is 1.32 bits per heavy atom. The van der Waals surface area contributed by atoms with Crippen LogP contribution in [0.3, 0.4) is 0 Å². The lowest BCUT2D eigenvalue weighted by Gasteiger charge is -2.14. The molecule has 6 heteroatoms. The largest absolute Gasteiger partial charge is 0.466 e. The average Bonchev–Trinajstić information content (AvgIpc) is 2.86. The molecule has 96 valence electrons. The minimum atomic E-state index is -0.241. The van der Waals surface area contributed by atoms with Crippen molar-refractivity contribution in [3.63, 3.8) is 0 Å². The molecule has 2 aromatic rings. The Bertz CT molecular complexity index is 643. The van der Waals surface area contributed by atoms with E-state index in [-0.39, 0.29) is 12.5 Å². The van der Waals surface area contributed by atoms with Crippen LogP contribution in [0.5, 0.6) is 0 Å². The molecule has 0 saturated carbocycles. The maximum absolute atomic E-state index is 10.9. The van der Waals surface area contributed by atoms with Crippen molar-refractivity contribution in [2.24, 2.45) is 5.10 Å². The zero-order valence-electron chi connectivity index (χ0n) is 10.3. The SMILES string of the molecule is Cc1nccn1-c1ccc(C2=NNC(=O)CO2)cc1. The summed E-state index contributed by atoms with van der Waals surface area (Å²) < 4.78 is 7.23. The Labute approximate surface area is 109 Å². The van der Waals surface area contributed by atoms with Gasteiger partial charge in [-0.2, -0.15) is 0 Å². The highest BCUT2D eigenvalue weighted by atomic mass is 16.5. The Morgan fingerprint density at radius 3 is 2.68 bits per heavy atom. The highest BCUT2D eigenvalue weighted by molar-refractivity contribution is 5.98. The number of amides is 1. The number of hydrogen-bond donors (Lipinski definition) is 1. The predicted molar refractivity (Wildman–Crippen MR) is 68.9 cm³/mol. The Morgan fingerprint density at radius 2 is 2.11 bits per heavy atom. The van der Waals surface area contributed by atoms with Gasteiger partial charge in [0.05, 0.1) is 0 Å². The lowest BCUT2D eigenvalue weighted by molar-refractivity contribution is -0.124. The van der Waals surface area contributed by atoms with Gasteiger partial charge in [0.25, 0.3) is 5.91 Å². The number of carbonyl (C=O) groups excluding carboxylic acids is 1. The fraction of sp³-hybridized carbons (Fsp3) is 0.154. The van der Waals surface area contributed by atoms with Gasteiger partial charge in [0.15, 0.2) is 6.61 Å². The molecular weight excluding hydrogens is 244 g/mol. The molecule has 0 aliphatic carbocycles. The molecule has 0 spiro atoms. The third kappa shape index (κ3) is 2.20. The molecule has 1 N–H and O–H groups in total. The molecule has 0 saturated heterocycles. The smallest absolute Gasteiger partial charge is 0.278 e. The van der Waals surface area contributed by atoms with Crippen LogP contribution in [0.1, 0.15) is 11.4 Å². The van der Waals surface area contributed by atoms with E-state index < -0.39 is 0 Å². The molecule has 1 aromatic heterocycles. The van der Waals surface area contributed by atoms with E-state index in [0.717, 1.165) is 17.1 Å². The molecule has 1 aliphatic heterocycles. The second kappa shape index (κ2) is 4.56. The normalized spacial score (nSPS) is 14.6. The summed E-state index contributed by atoms with van der Waals surface area (Å²) in [5.41, 5.74) is 4.22. The average molecular weight is 256 g/mol. The zero-order valence-corrected chi connectivity index (χ0v) is 10.3. The number of aromatic nitrogens is 2. The molecule has 1 amide bonds. The Balaban J connectivity index is 1.87. The molecular formula is C13H12N4O2. The van der Waals surface area contributed by atoms with Crippen LogP contribution in [0.2, 0.25) is 0 Å². The quantitative estimate of drug-likeness (QED) is 0.871. The molecule has 1 aliphatic rings. The van der Waals surface area contributed by atoms with Gasteiger partial charge in [-0.05, 0) is 31.2 Å². The summed E-state index contributed by atoms with van der Waals surface area (Å²) in [5, 5.41) is 3.87. The van der Waals surface area contributed by atoms with Crippen molar-refractivity contribution >= 4 is 11.8 Å². The minimum Gasteiger partial charge on any atom is -0.466 e. The number of nitrogens with zero attached hydrogens (tertiary/aromatic N) is 3. The van der Waals surface area contributed by atoms with Crippen molar-refractivity contribution in [2.45, 2.75) is 6.92 Å². The molecule has 0 unspecified atom stereocenters. The molecule has 6 nitrogen and oxygen atoms in total. The van der Waals surface area contributed by atoms with Gasteiger partial charge in [-0.25, -0.2) is 10.4 Å². The lowest BCUT2D eigenvalue weighted by Crippen LogP contribution is -2.32. The molecule has 1 aromatic carbocycles. The molecule has 0 atom stereocenters. The summed E-state index contributed by atoms with van der Waals surface area (Å²) in [6.45, 7) is 1.94. The fourth-order valence-corrected chi connectivity index (χ4v) is 1.87. The summed E-state index contributed by atoms with van der Waals surface area (Å²) in [7, 11) is 0. The third-order valence-electron chi connectivity index (χ3n) is 2.84. The first-order valence-electron chi connectivity index (χ1n) is 5.84. The number of hydrazone groups is 1. The maximum atomic E-state index is 10.9. The maximum Gasteiger partial charge on any atom is 0.278 e. The lowest BCUT2D eigenvalue weighted by atomic mass is 10.2. The van der Waals surface area contributed by atoms with Crippen molar-refractivity contribution in [3.8, 4) is 5.69 Å². The number of aryl methyl sites for hydroxylation is 1. The standard InChI is InChI=1S/C13H12N4O2/c1-9-14-6-7-17(9)11-4-2-10(3-5-11)13-16-15-12(18)8-19-13/h2-7H,8H2,1H3,(H,15,18).